The molecule has 12 heteroatoms. The van der Waals surface area contributed by atoms with Gasteiger partial charge in [0.2, 0.25) is 0 Å². The van der Waals surface area contributed by atoms with Crippen molar-refractivity contribution in [2.24, 2.45) is 0 Å². The van der Waals surface area contributed by atoms with Gasteiger partial charge in [-0.15, -0.1) is 0 Å². The summed E-state index contributed by atoms with van der Waals surface area (Å²) in [6, 6.07) is 13.9. The second-order valence-corrected chi connectivity index (χ2v) is 19.7. The van der Waals surface area contributed by atoms with Crippen molar-refractivity contribution in [2.45, 2.75) is 206 Å². The van der Waals surface area contributed by atoms with E-state index in [0.717, 1.165) is 51.4 Å². The molecule has 410 valence electrons. The molecule has 0 saturated heterocycles. The van der Waals surface area contributed by atoms with Gasteiger partial charge in [0.15, 0.2) is 23.1 Å². The summed E-state index contributed by atoms with van der Waals surface area (Å²) < 4.78 is 62.2. The van der Waals surface area contributed by atoms with Crippen LogP contribution in [0, 0.1) is 11.6 Å². The minimum atomic E-state index is -1.07. The summed E-state index contributed by atoms with van der Waals surface area (Å²) in [6.07, 6.45) is 35.6. The fraction of sp³-hybridized carbons (Fsp3) is 0.581. The highest BCUT2D eigenvalue weighted by atomic mass is 19.1. The predicted molar refractivity (Wildman–Crippen MR) is 290 cm³/mol. The van der Waals surface area contributed by atoms with Crippen LogP contribution in [0.2, 0.25) is 0 Å². The van der Waals surface area contributed by atoms with Crippen molar-refractivity contribution in [1.29, 1.82) is 0 Å². The van der Waals surface area contributed by atoms with Gasteiger partial charge in [-0.05, 0) is 88.1 Å². The van der Waals surface area contributed by atoms with E-state index in [1.807, 2.05) is 0 Å². The van der Waals surface area contributed by atoms with E-state index in [1.54, 1.807) is 38.1 Å². The van der Waals surface area contributed by atoms with Gasteiger partial charge >= 0.3 is 23.9 Å². The van der Waals surface area contributed by atoms with Crippen LogP contribution in [0.3, 0.4) is 0 Å². The second-order valence-electron chi connectivity index (χ2n) is 19.7. The van der Waals surface area contributed by atoms with E-state index >= 15 is 0 Å². The highest BCUT2D eigenvalue weighted by molar-refractivity contribution is 5.92. The standard InChI is InChI=1S/C62H88F2O10/c1-49(2)59(65)71-45-33-29-25-21-17-13-9-5-7-11-15-19-23-27-31-43-69-53-39-35-51(36-40-53)61(67)73-57-47-56(64)58(48-55(57)63)74-62(68)52-37-41-54(42-38-52)70-44-32-28-24-20-16-12-8-6-10-14-18-22-26-30-34-46-72-60(66)50(3)4/h35-42,47-48H,1,3,5-34,43-46H2,2,4H3. The maximum Gasteiger partial charge on any atom is 0.343 e. The van der Waals surface area contributed by atoms with Crippen LogP contribution in [-0.2, 0) is 19.1 Å². The van der Waals surface area contributed by atoms with Gasteiger partial charge < -0.3 is 28.4 Å². The molecule has 74 heavy (non-hydrogen) atoms. The number of benzene rings is 3. The van der Waals surface area contributed by atoms with Crippen LogP contribution < -0.4 is 18.9 Å². The van der Waals surface area contributed by atoms with Crippen molar-refractivity contribution < 1.29 is 56.4 Å². The lowest BCUT2D eigenvalue weighted by Gasteiger charge is -2.11. The SMILES string of the molecule is C=C(C)C(=O)OCCCCCCCCCCCCCCCCCOc1ccc(C(=O)Oc2cc(F)c(OC(=O)c3ccc(OCCCCCCCCCCCCCCCCCOC(=O)C(=C)C)cc3)cc2F)cc1. The predicted octanol–water partition coefficient (Wildman–Crippen LogP) is 17.1. The molecule has 0 aliphatic rings. The zero-order valence-corrected chi connectivity index (χ0v) is 45.1. The third-order valence-corrected chi connectivity index (χ3v) is 12.8. The molecule has 3 rings (SSSR count). The second kappa shape index (κ2) is 39.9. The molecular formula is C62H88F2O10. The maximum absolute atomic E-state index is 15.0. The maximum atomic E-state index is 15.0. The van der Waals surface area contributed by atoms with Crippen LogP contribution in [0.5, 0.6) is 23.0 Å². The number of hydrogen-bond acceptors (Lipinski definition) is 10. The Morgan fingerprint density at radius 1 is 0.365 bits per heavy atom. The average molecular weight is 1030 g/mol. The van der Waals surface area contributed by atoms with Crippen LogP contribution in [-0.4, -0.2) is 50.3 Å². The molecule has 3 aromatic carbocycles. The van der Waals surface area contributed by atoms with Crippen molar-refractivity contribution in [1.82, 2.24) is 0 Å². The number of halogens is 2. The van der Waals surface area contributed by atoms with Crippen LogP contribution >= 0.6 is 0 Å². The molecule has 0 heterocycles. The van der Waals surface area contributed by atoms with E-state index in [1.165, 1.54) is 166 Å². The first kappa shape index (κ1) is 62.8. The molecule has 0 amide bonds. The summed E-state index contributed by atoms with van der Waals surface area (Å²) in [6.45, 7) is 12.6. The summed E-state index contributed by atoms with van der Waals surface area (Å²) in [7, 11) is 0. The first-order valence-corrected chi connectivity index (χ1v) is 28.0. The first-order chi connectivity index (χ1) is 35.9. The van der Waals surface area contributed by atoms with Gasteiger partial charge in [-0.3, -0.25) is 0 Å². The minimum Gasteiger partial charge on any atom is -0.494 e. The molecule has 0 aliphatic heterocycles. The normalized spacial score (nSPS) is 11.0. The van der Waals surface area contributed by atoms with E-state index in [2.05, 4.69) is 13.2 Å². The first-order valence-electron chi connectivity index (χ1n) is 28.0. The number of carbonyl (C=O) groups excluding carboxylic acids is 4. The topological polar surface area (TPSA) is 124 Å². The molecule has 10 nitrogen and oxygen atoms in total. The van der Waals surface area contributed by atoms with Gasteiger partial charge in [-0.25, -0.2) is 28.0 Å². The van der Waals surface area contributed by atoms with Gasteiger partial charge in [0.1, 0.15) is 11.5 Å². The van der Waals surface area contributed by atoms with Crippen molar-refractivity contribution in [3.8, 4) is 23.0 Å². The highest BCUT2D eigenvalue weighted by Gasteiger charge is 2.20. The van der Waals surface area contributed by atoms with Crippen LogP contribution in [0.1, 0.15) is 227 Å². The van der Waals surface area contributed by atoms with Crippen molar-refractivity contribution >= 4 is 23.9 Å². The Morgan fingerprint density at radius 2 is 0.595 bits per heavy atom. The van der Waals surface area contributed by atoms with Crippen molar-refractivity contribution in [2.75, 3.05) is 26.4 Å². The lowest BCUT2D eigenvalue weighted by Crippen LogP contribution is -2.12. The van der Waals surface area contributed by atoms with E-state index in [0.29, 0.717) is 61.2 Å². The van der Waals surface area contributed by atoms with E-state index in [4.69, 9.17) is 28.4 Å². The number of esters is 4. The molecule has 3 aromatic rings. The minimum absolute atomic E-state index is 0.134. The lowest BCUT2D eigenvalue weighted by atomic mass is 10.0. The largest absolute Gasteiger partial charge is 0.494 e. The molecular weight excluding hydrogens is 943 g/mol. The van der Waals surface area contributed by atoms with E-state index in [9.17, 15) is 28.0 Å². The Bertz CT molecular complexity index is 1920. The Hall–Kier alpha value is -5.52. The number of rotatable bonds is 44. The van der Waals surface area contributed by atoms with E-state index in [-0.39, 0.29) is 23.1 Å². The summed E-state index contributed by atoms with van der Waals surface area (Å²) in [5, 5.41) is 0. The molecule has 0 saturated carbocycles. The van der Waals surface area contributed by atoms with E-state index < -0.39 is 35.1 Å². The van der Waals surface area contributed by atoms with Crippen LogP contribution in [0.25, 0.3) is 0 Å². The number of hydrogen-bond donors (Lipinski definition) is 0. The fourth-order valence-electron chi connectivity index (χ4n) is 8.32. The number of unbranched alkanes of at least 4 members (excludes halogenated alkanes) is 28. The summed E-state index contributed by atoms with van der Waals surface area (Å²) in [5.41, 5.74) is 1.17. The lowest BCUT2D eigenvalue weighted by molar-refractivity contribution is -0.139. The monoisotopic (exact) mass is 1030 g/mol. The number of carbonyl (C=O) groups is 4. The molecule has 0 unspecified atom stereocenters. The average Bonchev–Trinajstić information content (AvgIpc) is 3.39. The molecule has 0 bridgehead atoms. The van der Waals surface area contributed by atoms with Crippen LogP contribution in [0.15, 0.2) is 85.0 Å². The molecule has 0 N–H and O–H groups in total. The Kier molecular flexibility index (Phi) is 33.8. The summed E-state index contributed by atoms with van der Waals surface area (Å²) >= 11 is 0. The smallest absolute Gasteiger partial charge is 0.343 e. The zero-order chi connectivity index (χ0) is 53.4. The van der Waals surface area contributed by atoms with Gasteiger partial charge in [-0.1, -0.05) is 180 Å². The Balaban J connectivity index is 1.16. The zero-order valence-electron chi connectivity index (χ0n) is 45.1. The molecule has 0 fully saturated rings. The highest BCUT2D eigenvalue weighted by Crippen LogP contribution is 2.29. The van der Waals surface area contributed by atoms with Crippen molar-refractivity contribution in [3.05, 3.63) is 108 Å². The fourth-order valence-corrected chi connectivity index (χ4v) is 8.32. The molecule has 0 radical (unpaired) electrons. The van der Waals surface area contributed by atoms with Gasteiger partial charge in [0.25, 0.3) is 0 Å². The number of ether oxygens (including phenoxy) is 6. The van der Waals surface area contributed by atoms with Gasteiger partial charge in [0, 0.05) is 23.3 Å². The third kappa shape index (κ3) is 29.4. The summed E-state index contributed by atoms with van der Waals surface area (Å²) in [4.78, 5) is 48.3. The molecule has 0 aliphatic carbocycles. The Morgan fingerprint density at radius 3 is 0.838 bits per heavy atom. The van der Waals surface area contributed by atoms with Gasteiger partial charge in [-0.2, -0.15) is 0 Å². The van der Waals surface area contributed by atoms with Gasteiger partial charge in [0.05, 0.1) is 37.6 Å². The molecule has 0 spiro atoms. The molecule has 0 atom stereocenters. The third-order valence-electron chi connectivity index (χ3n) is 12.8. The summed E-state index contributed by atoms with van der Waals surface area (Å²) in [5.74, 6) is -4.56. The van der Waals surface area contributed by atoms with Crippen molar-refractivity contribution in [3.63, 3.8) is 0 Å². The van der Waals surface area contributed by atoms with Crippen LogP contribution in [0.4, 0.5) is 8.78 Å². The quantitative estimate of drug-likeness (QED) is 0.0234. The molecule has 0 aromatic heterocycles. The Labute approximate surface area is 442 Å².